The lowest BCUT2D eigenvalue weighted by atomic mass is 9.82. The average Bonchev–Trinajstić information content (AvgIpc) is 2.35. The molecule has 0 saturated carbocycles. The summed E-state index contributed by atoms with van der Waals surface area (Å²) in [4.78, 5) is 2.36. The van der Waals surface area contributed by atoms with Gasteiger partial charge in [-0.15, -0.1) is 0 Å². The Morgan fingerprint density at radius 2 is 1.95 bits per heavy atom. The summed E-state index contributed by atoms with van der Waals surface area (Å²) in [5.74, 6) is 0.650. The number of phenolic OH excluding ortho intramolecular Hbond substituents is 1. The molecule has 0 bridgehead atoms. The van der Waals surface area contributed by atoms with Gasteiger partial charge in [-0.05, 0) is 37.4 Å². The van der Waals surface area contributed by atoms with Gasteiger partial charge in [-0.2, -0.15) is 0 Å². The predicted molar refractivity (Wildman–Crippen MR) is 78.0 cm³/mol. The standard InChI is InChI=1S/C15H22ClNO2/c1-15(2)4-6-17(7-5-15)10-11-8-12(16)9-13(19-3)14(11)18/h8-9,18H,4-7,10H2,1-3H3. The van der Waals surface area contributed by atoms with Gasteiger partial charge in [0.05, 0.1) is 7.11 Å². The van der Waals surface area contributed by atoms with Crippen LogP contribution in [0, 0.1) is 5.41 Å². The van der Waals surface area contributed by atoms with Gasteiger partial charge in [-0.3, -0.25) is 4.90 Å². The van der Waals surface area contributed by atoms with Crippen molar-refractivity contribution >= 4 is 11.6 Å². The van der Waals surface area contributed by atoms with E-state index in [0.29, 0.717) is 16.2 Å². The van der Waals surface area contributed by atoms with E-state index in [4.69, 9.17) is 16.3 Å². The summed E-state index contributed by atoms with van der Waals surface area (Å²) < 4.78 is 5.14. The van der Waals surface area contributed by atoms with Crippen molar-refractivity contribution in [1.82, 2.24) is 4.90 Å². The second kappa shape index (κ2) is 5.59. The van der Waals surface area contributed by atoms with Gasteiger partial charge in [-0.25, -0.2) is 0 Å². The van der Waals surface area contributed by atoms with E-state index in [0.717, 1.165) is 25.2 Å². The molecule has 1 fully saturated rings. The van der Waals surface area contributed by atoms with Gasteiger partial charge in [-0.1, -0.05) is 25.4 Å². The maximum atomic E-state index is 10.1. The molecule has 1 saturated heterocycles. The lowest BCUT2D eigenvalue weighted by Gasteiger charge is -2.37. The number of nitrogens with zero attached hydrogens (tertiary/aromatic N) is 1. The van der Waals surface area contributed by atoms with Crippen molar-refractivity contribution in [3.8, 4) is 11.5 Å². The van der Waals surface area contributed by atoms with Crippen LogP contribution in [0.15, 0.2) is 12.1 Å². The molecule has 0 aromatic heterocycles. The first-order valence-electron chi connectivity index (χ1n) is 6.69. The summed E-state index contributed by atoms with van der Waals surface area (Å²) in [5, 5.41) is 10.7. The molecule has 0 spiro atoms. The van der Waals surface area contributed by atoms with E-state index in [-0.39, 0.29) is 5.75 Å². The first-order chi connectivity index (χ1) is 8.91. The molecule has 1 aromatic carbocycles. The predicted octanol–water partition coefficient (Wildman–Crippen LogP) is 3.68. The van der Waals surface area contributed by atoms with Crippen LogP contribution >= 0.6 is 11.6 Å². The van der Waals surface area contributed by atoms with Crippen molar-refractivity contribution < 1.29 is 9.84 Å². The summed E-state index contributed by atoms with van der Waals surface area (Å²) >= 11 is 6.05. The fourth-order valence-corrected chi connectivity index (χ4v) is 2.69. The molecule has 1 aliphatic heterocycles. The number of ether oxygens (including phenoxy) is 1. The Kier molecular flexibility index (Phi) is 4.26. The van der Waals surface area contributed by atoms with Crippen LogP contribution in [-0.4, -0.2) is 30.2 Å². The maximum absolute atomic E-state index is 10.1. The van der Waals surface area contributed by atoms with E-state index in [1.54, 1.807) is 13.2 Å². The second-order valence-corrected chi connectivity index (χ2v) is 6.49. The van der Waals surface area contributed by atoms with Crippen molar-refractivity contribution in [2.75, 3.05) is 20.2 Å². The first-order valence-corrected chi connectivity index (χ1v) is 7.07. The number of piperidine rings is 1. The highest BCUT2D eigenvalue weighted by atomic mass is 35.5. The van der Waals surface area contributed by atoms with Crippen LogP contribution in [-0.2, 0) is 6.54 Å². The second-order valence-electron chi connectivity index (χ2n) is 6.06. The van der Waals surface area contributed by atoms with Crippen LogP contribution in [0.4, 0.5) is 0 Å². The highest BCUT2D eigenvalue weighted by Gasteiger charge is 2.26. The summed E-state index contributed by atoms with van der Waals surface area (Å²) in [7, 11) is 1.54. The zero-order chi connectivity index (χ0) is 14.0. The van der Waals surface area contributed by atoms with Gasteiger partial charge < -0.3 is 9.84 Å². The molecule has 106 valence electrons. The zero-order valence-electron chi connectivity index (χ0n) is 11.9. The number of benzene rings is 1. The monoisotopic (exact) mass is 283 g/mol. The third kappa shape index (κ3) is 3.54. The van der Waals surface area contributed by atoms with E-state index in [1.807, 2.05) is 6.07 Å². The lowest BCUT2D eigenvalue weighted by Crippen LogP contribution is -2.36. The molecule has 1 N–H and O–H groups in total. The van der Waals surface area contributed by atoms with Crippen LogP contribution in [0.2, 0.25) is 5.02 Å². The highest BCUT2D eigenvalue weighted by Crippen LogP contribution is 2.36. The molecule has 4 heteroatoms. The Hall–Kier alpha value is -0.930. The number of halogens is 1. The number of rotatable bonds is 3. The topological polar surface area (TPSA) is 32.7 Å². The number of hydrogen-bond acceptors (Lipinski definition) is 3. The highest BCUT2D eigenvalue weighted by molar-refractivity contribution is 6.30. The minimum Gasteiger partial charge on any atom is -0.504 e. The zero-order valence-corrected chi connectivity index (χ0v) is 12.6. The Labute approximate surface area is 120 Å². The average molecular weight is 284 g/mol. The van der Waals surface area contributed by atoms with Crippen LogP contribution in [0.1, 0.15) is 32.3 Å². The molecule has 2 rings (SSSR count). The van der Waals surface area contributed by atoms with Gasteiger partial charge in [0.25, 0.3) is 0 Å². The fraction of sp³-hybridized carbons (Fsp3) is 0.600. The molecule has 1 heterocycles. The van der Waals surface area contributed by atoms with Crippen molar-refractivity contribution in [3.05, 3.63) is 22.7 Å². The van der Waals surface area contributed by atoms with Crippen LogP contribution in [0.25, 0.3) is 0 Å². The van der Waals surface area contributed by atoms with Gasteiger partial charge in [0.1, 0.15) is 0 Å². The van der Waals surface area contributed by atoms with Crippen molar-refractivity contribution in [3.63, 3.8) is 0 Å². The summed E-state index contributed by atoms with van der Waals surface area (Å²) in [5.41, 5.74) is 1.27. The van der Waals surface area contributed by atoms with Gasteiger partial charge in [0, 0.05) is 23.2 Å². The molecule has 0 atom stereocenters. The number of likely N-dealkylation sites (tertiary alicyclic amines) is 1. The van der Waals surface area contributed by atoms with E-state index >= 15 is 0 Å². The Bertz CT molecular complexity index is 450. The lowest BCUT2D eigenvalue weighted by molar-refractivity contribution is 0.126. The molecule has 0 aliphatic carbocycles. The molecule has 0 amide bonds. The van der Waals surface area contributed by atoms with E-state index in [1.165, 1.54) is 12.8 Å². The fourth-order valence-electron chi connectivity index (χ4n) is 2.46. The minimum atomic E-state index is 0.205. The number of phenols is 1. The van der Waals surface area contributed by atoms with Crippen molar-refractivity contribution in [1.29, 1.82) is 0 Å². The van der Waals surface area contributed by atoms with E-state index < -0.39 is 0 Å². The molecule has 1 aromatic rings. The van der Waals surface area contributed by atoms with Crippen LogP contribution < -0.4 is 4.74 Å². The normalized spacial score (nSPS) is 19.4. The molecule has 0 unspecified atom stereocenters. The maximum Gasteiger partial charge on any atom is 0.162 e. The molecule has 0 radical (unpaired) electrons. The SMILES string of the molecule is COc1cc(Cl)cc(CN2CCC(C)(C)CC2)c1O. The Morgan fingerprint density at radius 1 is 1.32 bits per heavy atom. The third-order valence-electron chi connectivity index (χ3n) is 3.94. The minimum absolute atomic E-state index is 0.205. The first kappa shape index (κ1) is 14.5. The smallest absolute Gasteiger partial charge is 0.162 e. The molecule has 3 nitrogen and oxygen atoms in total. The number of methoxy groups -OCH3 is 1. The van der Waals surface area contributed by atoms with Crippen molar-refractivity contribution in [2.45, 2.75) is 33.2 Å². The largest absolute Gasteiger partial charge is 0.504 e. The third-order valence-corrected chi connectivity index (χ3v) is 4.16. The van der Waals surface area contributed by atoms with E-state index in [2.05, 4.69) is 18.7 Å². The summed E-state index contributed by atoms with van der Waals surface area (Å²) in [6.07, 6.45) is 2.37. The molecular formula is C15H22ClNO2. The van der Waals surface area contributed by atoms with Crippen molar-refractivity contribution in [2.24, 2.45) is 5.41 Å². The molecule has 19 heavy (non-hydrogen) atoms. The molecule has 1 aliphatic rings. The molecular weight excluding hydrogens is 262 g/mol. The summed E-state index contributed by atoms with van der Waals surface area (Å²) in [6.45, 7) is 7.45. The van der Waals surface area contributed by atoms with Crippen LogP contribution in [0.5, 0.6) is 11.5 Å². The Morgan fingerprint density at radius 3 is 2.53 bits per heavy atom. The van der Waals surface area contributed by atoms with Gasteiger partial charge >= 0.3 is 0 Å². The van der Waals surface area contributed by atoms with Gasteiger partial charge in [0.15, 0.2) is 11.5 Å². The Balaban J connectivity index is 2.09. The number of hydrogen-bond donors (Lipinski definition) is 1. The quantitative estimate of drug-likeness (QED) is 0.919. The van der Waals surface area contributed by atoms with Gasteiger partial charge in [0.2, 0.25) is 0 Å². The number of aromatic hydroxyl groups is 1. The van der Waals surface area contributed by atoms with Crippen LogP contribution in [0.3, 0.4) is 0 Å². The summed E-state index contributed by atoms with van der Waals surface area (Å²) in [6, 6.07) is 3.46. The van der Waals surface area contributed by atoms with E-state index in [9.17, 15) is 5.11 Å².